The zero-order valence-electron chi connectivity index (χ0n) is 11.2. The molecule has 0 aromatic carbocycles. The van der Waals surface area contributed by atoms with Gasteiger partial charge in [-0.05, 0) is 24.7 Å². The zero-order chi connectivity index (χ0) is 15.3. The van der Waals surface area contributed by atoms with Crippen LogP contribution in [0.3, 0.4) is 0 Å². The fourth-order valence-corrected chi connectivity index (χ4v) is 2.39. The van der Waals surface area contributed by atoms with E-state index in [1.54, 1.807) is 6.92 Å². The lowest BCUT2D eigenvalue weighted by Crippen LogP contribution is -2.48. The monoisotopic (exact) mass is 296 g/mol. The molecule has 1 fully saturated rings. The number of likely N-dealkylation sites (tertiary alicyclic amines) is 1. The molecule has 0 radical (unpaired) electrons. The van der Waals surface area contributed by atoms with Crippen molar-refractivity contribution in [2.24, 2.45) is 11.8 Å². The number of urea groups is 1. The first-order valence-electron chi connectivity index (χ1n) is 6.50. The molecule has 1 aliphatic heterocycles. The summed E-state index contributed by atoms with van der Waals surface area (Å²) in [5, 5.41) is 10.6. The van der Waals surface area contributed by atoms with Crippen LogP contribution < -0.4 is 5.32 Å². The molecule has 116 valence electrons. The molecular formula is C12H19F3N2O3. The van der Waals surface area contributed by atoms with E-state index in [0.29, 0.717) is 19.5 Å². The van der Waals surface area contributed by atoms with E-state index in [4.69, 9.17) is 5.11 Å². The SMILES string of the molecule is CC(CC(=O)O)C1CCCN(C(=O)NCC(F)(F)F)C1. The maximum atomic E-state index is 12.0. The van der Waals surface area contributed by atoms with Gasteiger partial charge in [0.25, 0.3) is 0 Å². The van der Waals surface area contributed by atoms with Crippen LogP contribution in [0.1, 0.15) is 26.2 Å². The number of amides is 2. The topological polar surface area (TPSA) is 69.6 Å². The summed E-state index contributed by atoms with van der Waals surface area (Å²) in [5.41, 5.74) is 0. The lowest BCUT2D eigenvalue weighted by atomic mass is 9.85. The van der Waals surface area contributed by atoms with Crippen molar-refractivity contribution in [3.05, 3.63) is 0 Å². The maximum Gasteiger partial charge on any atom is 0.405 e. The minimum Gasteiger partial charge on any atom is -0.481 e. The van der Waals surface area contributed by atoms with Crippen LogP contribution >= 0.6 is 0 Å². The number of nitrogens with one attached hydrogen (secondary N) is 1. The Kier molecular flexibility index (Phi) is 5.64. The summed E-state index contributed by atoms with van der Waals surface area (Å²) in [4.78, 5) is 23.6. The minimum absolute atomic E-state index is 0.00266. The van der Waals surface area contributed by atoms with Crippen LogP contribution in [-0.2, 0) is 4.79 Å². The van der Waals surface area contributed by atoms with Gasteiger partial charge in [-0.25, -0.2) is 4.79 Å². The van der Waals surface area contributed by atoms with Crippen LogP contribution in [0.4, 0.5) is 18.0 Å². The van der Waals surface area contributed by atoms with E-state index in [0.717, 1.165) is 6.42 Å². The number of carboxylic acids is 1. The standard InChI is InChI=1S/C12H19F3N2O3/c1-8(5-10(18)19)9-3-2-4-17(6-9)11(20)16-7-12(13,14)15/h8-9H,2-7H2,1H3,(H,16,20)(H,18,19). The van der Waals surface area contributed by atoms with Crippen LogP contribution in [0, 0.1) is 11.8 Å². The Balaban J connectivity index is 2.47. The molecule has 2 amide bonds. The lowest BCUT2D eigenvalue weighted by molar-refractivity contribution is -0.138. The molecular weight excluding hydrogens is 277 g/mol. The van der Waals surface area contributed by atoms with E-state index < -0.39 is 24.7 Å². The number of piperidine rings is 1. The summed E-state index contributed by atoms with van der Waals surface area (Å²) in [6.45, 7) is 1.14. The van der Waals surface area contributed by atoms with Gasteiger partial charge in [0.15, 0.2) is 0 Å². The van der Waals surface area contributed by atoms with Crippen molar-refractivity contribution in [1.82, 2.24) is 10.2 Å². The Morgan fingerprint density at radius 2 is 2.10 bits per heavy atom. The zero-order valence-corrected chi connectivity index (χ0v) is 11.2. The summed E-state index contributed by atoms with van der Waals surface area (Å²) in [7, 11) is 0. The van der Waals surface area contributed by atoms with Crippen molar-refractivity contribution in [2.75, 3.05) is 19.6 Å². The number of nitrogens with zero attached hydrogens (tertiary/aromatic N) is 1. The molecule has 1 saturated heterocycles. The first kappa shape index (κ1) is 16.6. The van der Waals surface area contributed by atoms with E-state index in [2.05, 4.69) is 0 Å². The van der Waals surface area contributed by atoms with Crippen molar-refractivity contribution in [3.63, 3.8) is 0 Å². The summed E-state index contributed by atoms with van der Waals surface area (Å²) in [6, 6.07) is -0.741. The number of hydrogen-bond acceptors (Lipinski definition) is 2. The van der Waals surface area contributed by atoms with Crippen molar-refractivity contribution in [1.29, 1.82) is 0 Å². The van der Waals surface area contributed by atoms with Crippen molar-refractivity contribution >= 4 is 12.0 Å². The molecule has 0 bridgehead atoms. The Morgan fingerprint density at radius 3 is 2.65 bits per heavy atom. The Hall–Kier alpha value is -1.47. The maximum absolute atomic E-state index is 12.0. The van der Waals surface area contributed by atoms with Crippen molar-refractivity contribution < 1.29 is 27.9 Å². The molecule has 1 rings (SSSR count). The van der Waals surface area contributed by atoms with Gasteiger partial charge in [-0.1, -0.05) is 6.92 Å². The van der Waals surface area contributed by atoms with E-state index in [9.17, 15) is 22.8 Å². The molecule has 8 heteroatoms. The highest BCUT2D eigenvalue weighted by Gasteiger charge is 2.31. The van der Waals surface area contributed by atoms with Gasteiger partial charge in [0, 0.05) is 19.5 Å². The van der Waals surface area contributed by atoms with Crippen molar-refractivity contribution in [3.8, 4) is 0 Å². The number of carbonyl (C=O) groups is 2. The second kappa shape index (κ2) is 6.81. The number of hydrogen-bond donors (Lipinski definition) is 2. The summed E-state index contributed by atoms with van der Waals surface area (Å²) >= 11 is 0. The van der Waals surface area contributed by atoms with Crippen LogP contribution in [0.25, 0.3) is 0 Å². The van der Waals surface area contributed by atoms with Gasteiger partial charge in [0.2, 0.25) is 0 Å². The van der Waals surface area contributed by atoms with Gasteiger partial charge in [0.1, 0.15) is 6.54 Å². The quantitative estimate of drug-likeness (QED) is 0.834. The van der Waals surface area contributed by atoms with Crippen molar-refractivity contribution in [2.45, 2.75) is 32.4 Å². The predicted molar refractivity (Wildman–Crippen MR) is 65.2 cm³/mol. The number of alkyl halides is 3. The molecule has 1 aliphatic rings. The molecule has 2 atom stereocenters. The smallest absolute Gasteiger partial charge is 0.405 e. The van der Waals surface area contributed by atoms with Crippen LogP contribution in [0.2, 0.25) is 0 Å². The molecule has 0 aliphatic carbocycles. The van der Waals surface area contributed by atoms with Gasteiger partial charge in [0.05, 0.1) is 0 Å². The number of aliphatic carboxylic acids is 1. The predicted octanol–water partition coefficient (Wildman–Crippen LogP) is 2.08. The van der Waals surface area contributed by atoms with E-state index >= 15 is 0 Å². The van der Waals surface area contributed by atoms with E-state index in [1.165, 1.54) is 4.90 Å². The molecule has 2 N–H and O–H groups in total. The average molecular weight is 296 g/mol. The van der Waals surface area contributed by atoms with Crippen LogP contribution in [0.5, 0.6) is 0 Å². The number of carbonyl (C=O) groups excluding carboxylic acids is 1. The molecule has 0 aromatic heterocycles. The fraction of sp³-hybridized carbons (Fsp3) is 0.833. The second-order valence-corrected chi connectivity index (χ2v) is 5.20. The third-order valence-corrected chi connectivity index (χ3v) is 3.49. The Morgan fingerprint density at radius 1 is 1.45 bits per heavy atom. The Bertz CT molecular complexity index is 360. The highest BCUT2D eigenvalue weighted by atomic mass is 19.4. The molecule has 0 saturated carbocycles. The average Bonchev–Trinajstić information content (AvgIpc) is 2.34. The molecule has 1 heterocycles. The fourth-order valence-electron chi connectivity index (χ4n) is 2.39. The second-order valence-electron chi connectivity index (χ2n) is 5.20. The third-order valence-electron chi connectivity index (χ3n) is 3.49. The highest BCUT2D eigenvalue weighted by Crippen LogP contribution is 2.26. The van der Waals surface area contributed by atoms with Crippen LogP contribution in [-0.4, -0.2) is 47.8 Å². The normalized spacial score (nSPS) is 21.4. The largest absolute Gasteiger partial charge is 0.481 e. The molecule has 0 aromatic rings. The summed E-state index contributed by atoms with van der Waals surface area (Å²) in [5.74, 6) is -1.00. The highest BCUT2D eigenvalue weighted by molar-refractivity contribution is 5.74. The number of rotatable bonds is 4. The molecule has 5 nitrogen and oxygen atoms in total. The Labute approximate surface area is 115 Å². The first-order chi connectivity index (χ1) is 9.19. The number of halogens is 3. The van der Waals surface area contributed by atoms with E-state index in [-0.39, 0.29) is 18.3 Å². The summed E-state index contributed by atoms with van der Waals surface area (Å²) < 4.78 is 36.1. The van der Waals surface area contributed by atoms with Gasteiger partial charge < -0.3 is 15.3 Å². The third kappa shape index (κ3) is 5.66. The van der Waals surface area contributed by atoms with Gasteiger partial charge >= 0.3 is 18.2 Å². The van der Waals surface area contributed by atoms with Gasteiger partial charge in [-0.3, -0.25) is 4.79 Å². The molecule has 0 spiro atoms. The molecule has 2 unspecified atom stereocenters. The lowest BCUT2D eigenvalue weighted by Gasteiger charge is -2.35. The number of carboxylic acid groups (broad SMARTS) is 1. The minimum atomic E-state index is -4.43. The van der Waals surface area contributed by atoms with Crippen LogP contribution in [0.15, 0.2) is 0 Å². The summed E-state index contributed by atoms with van der Waals surface area (Å²) in [6.07, 6.45) is -2.96. The van der Waals surface area contributed by atoms with E-state index in [1.807, 2.05) is 5.32 Å². The van der Waals surface area contributed by atoms with Gasteiger partial charge in [-0.15, -0.1) is 0 Å². The molecule has 20 heavy (non-hydrogen) atoms. The van der Waals surface area contributed by atoms with Gasteiger partial charge in [-0.2, -0.15) is 13.2 Å². The first-order valence-corrected chi connectivity index (χ1v) is 6.50.